The number of carbonyl (C=O) groups excluding carboxylic acids is 1. The summed E-state index contributed by atoms with van der Waals surface area (Å²) in [5.74, 6) is 10.6. The summed E-state index contributed by atoms with van der Waals surface area (Å²) in [6.45, 7) is 4.07. The summed E-state index contributed by atoms with van der Waals surface area (Å²) < 4.78 is 5.01. The smallest absolute Gasteiger partial charge is 0.306 e. The molecule has 1 atom stereocenters. The number of aliphatic hydroxyl groups is 2. The SMILES string of the molecule is CC(C)CC(=O)OCC[C@@H](O)/C=C/C=C/C#CC#C/C=C/CO. The van der Waals surface area contributed by atoms with Gasteiger partial charge in [0.1, 0.15) is 0 Å². The number of esters is 1. The maximum Gasteiger partial charge on any atom is 0.306 e. The van der Waals surface area contributed by atoms with E-state index in [2.05, 4.69) is 23.7 Å². The molecule has 0 saturated carbocycles. The number of carbonyl (C=O) groups is 1. The first kappa shape index (κ1) is 20.7. The predicted octanol–water partition coefficient (Wildman–Crippen LogP) is 1.99. The summed E-state index contributed by atoms with van der Waals surface area (Å²) in [5.41, 5.74) is 0. The van der Waals surface area contributed by atoms with Crippen molar-refractivity contribution in [2.75, 3.05) is 13.2 Å². The highest BCUT2D eigenvalue weighted by atomic mass is 16.5. The minimum absolute atomic E-state index is 0.0357. The lowest BCUT2D eigenvalue weighted by Crippen LogP contribution is -2.13. The van der Waals surface area contributed by atoms with Crippen molar-refractivity contribution in [3.05, 3.63) is 36.5 Å². The molecule has 0 aliphatic carbocycles. The first-order chi connectivity index (χ1) is 11.1. The molecule has 0 saturated heterocycles. The Bertz CT molecular complexity index is 533. The number of aliphatic hydroxyl groups excluding tert-OH is 2. The molecule has 0 spiro atoms. The molecule has 0 aromatic heterocycles. The summed E-state index contributed by atoms with van der Waals surface area (Å²) >= 11 is 0. The molecule has 0 aromatic rings. The molecule has 124 valence electrons. The fourth-order valence-corrected chi connectivity index (χ4v) is 1.35. The Balaban J connectivity index is 3.91. The van der Waals surface area contributed by atoms with E-state index in [0.717, 1.165) is 0 Å². The Morgan fingerprint density at radius 1 is 1.17 bits per heavy atom. The van der Waals surface area contributed by atoms with E-state index in [1.807, 2.05) is 13.8 Å². The molecule has 0 aliphatic heterocycles. The van der Waals surface area contributed by atoms with E-state index < -0.39 is 6.10 Å². The number of allylic oxidation sites excluding steroid dienone is 4. The van der Waals surface area contributed by atoms with Gasteiger partial charge < -0.3 is 14.9 Å². The average Bonchev–Trinajstić information content (AvgIpc) is 2.48. The van der Waals surface area contributed by atoms with E-state index in [-0.39, 0.29) is 25.1 Å². The first-order valence-corrected chi connectivity index (χ1v) is 7.50. The van der Waals surface area contributed by atoms with Crippen molar-refractivity contribution in [1.82, 2.24) is 0 Å². The van der Waals surface area contributed by atoms with Crippen LogP contribution in [0.15, 0.2) is 36.5 Å². The molecule has 23 heavy (non-hydrogen) atoms. The zero-order valence-electron chi connectivity index (χ0n) is 13.7. The van der Waals surface area contributed by atoms with Gasteiger partial charge >= 0.3 is 5.97 Å². The fourth-order valence-electron chi connectivity index (χ4n) is 1.35. The Morgan fingerprint density at radius 3 is 2.52 bits per heavy atom. The molecule has 0 aliphatic rings. The molecule has 0 fully saturated rings. The van der Waals surface area contributed by atoms with Crippen LogP contribution in [0.5, 0.6) is 0 Å². The predicted molar refractivity (Wildman–Crippen MR) is 91.1 cm³/mol. The normalized spacial score (nSPS) is 12.2. The maximum absolute atomic E-state index is 11.3. The van der Waals surface area contributed by atoms with Crippen LogP contribution in [0.3, 0.4) is 0 Å². The van der Waals surface area contributed by atoms with Crippen LogP contribution in [0.2, 0.25) is 0 Å². The van der Waals surface area contributed by atoms with E-state index >= 15 is 0 Å². The van der Waals surface area contributed by atoms with Crippen molar-refractivity contribution in [1.29, 1.82) is 0 Å². The van der Waals surface area contributed by atoms with Crippen LogP contribution in [-0.4, -0.2) is 35.5 Å². The van der Waals surface area contributed by atoms with Crippen LogP contribution < -0.4 is 0 Å². The highest BCUT2D eigenvalue weighted by Gasteiger charge is 2.06. The second-order valence-corrected chi connectivity index (χ2v) is 5.04. The highest BCUT2D eigenvalue weighted by molar-refractivity contribution is 5.69. The van der Waals surface area contributed by atoms with Gasteiger partial charge in [0.05, 0.1) is 19.3 Å². The number of rotatable bonds is 8. The second kappa shape index (κ2) is 14.7. The lowest BCUT2D eigenvalue weighted by atomic mass is 10.1. The van der Waals surface area contributed by atoms with E-state index in [9.17, 15) is 9.90 Å². The van der Waals surface area contributed by atoms with Crippen molar-refractivity contribution >= 4 is 5.97 Å². The molecule has 0 rings (SSSR count). The Kier molecular flexibility index (Phi) is 13.2. The Hall–Kier alpha value is -2.27. The van der Waals surface area contributed by atoms with Gasteiger partial charge in [-0.1, -0.05) is 50.0 Å². The molecule has 0 aromatic carbocycles. The molecular formula is C19H24O4. The Labute approximate surface area is 138 Å². The van der Waals surface area contributed by atoms with Gasteiger partial charge in [-0.15, -0.1) is 0 Å². The topological polar surface area (TPSA) is 66.8 Å². The average molecular weight is 316 g/mol. The molecule has 0 bridgehead atoms. The van der Waals surface area contributed by atoms with Crippen LogP contribution in [0.4, 0.5) is 0 Å². The molecule has 4 heteroatoms. The van der Waals surface area contributed by atoms with E-state index in [0.29, 0.717) is 12.8 Å². The van der Waals surface area contributed by atoms with Crippen LogP contribution in [0.1, 0.15) is 26.7 Å². The third-order valence-electron chi connectivity index (χ3n) is 2.39. The summed E-state index contributed by atoms with van der Waals surface area (Å²) in [6, 6.07) is 0. The quantitative estimate of drug-likeness (QED) is 0.408. The molecule has 2 N–H and O–H groups in total. The summed E-state index contributed by atoms with van der Waals surface area (Å²) in [5, 5.41) is 18.1. The number of hydrogen-bond acceptors (Lipinski definition) is 4. The minimum atomic E-state index is -0.664. The summed E-state index contributed by atoms with van der Waals surface area (Å²) in [4.78, 5) is 11.3. The van der Waals surface area contributed by atoms with E-state index in [4.69, 9.17) is 9.84 Å². The Morgan fingerprint density at radius 2 is 1.87 bits per heavy atom. The fraction of sp³-hybridized carbons (Fsp3) is 0.421. The third kappa shape index (κ3) is 15.9. The largest absolute Gasteiger partial charge is 0.466 e. The van der Waals surface area contributed by atoms with Crippen molar-refractivity contribution in [2.24, 2.45) is 5.92 Å². The third-order valence-corrected chi connectivity index (χ3v) is 2.39. The monoisotopic (exact) mass is 316 g/mol. The first-order valence-electron chi connectivity index (χ1n) is 7.50. The molecule has 0 amide bonds. The molecule has 0 unspecified atom stereocenters. The van der Waals surface area contributed by atoms with Crippen LogP contribution in [-0.2, 0) is 9.53 Å². The zero-order valence-corrected chi connectivity index (χ0v) is 13.7. The lowest BCUT2D eigenvalue weighted by Gasteiger charge is -2.08. The maximum atomic E-state index is 11.3. The van der Waals surface area contributed by atoms with Gasteiger partial charge in [0, 0.05) is 12.8 Å². The molecule has 0 heterocycles. The minimum Gasteiger partial charge on any atom is -0.466 e. The zero-order chi connectivity index (χ0) is 17.3. The second-order valence-electron chi connectivity index (χ2n) is 5.04. The van der Waals surface area contributed by atoms with Gasteiger partial charge in [0.15, 0.2) is 0 Å². The van der Waals surface area contributed by atoms with Crippen molar-refractivity contribution < 1.29 is 19.7 Å². The van der Waals surface area contributed by atoms with Crippen LogP contribution in [0, 0.1) is 29.6 Å². The molecular weight excluding hydrogens is 292 g/mol. The van der Waals surface area contributed by atoms with Crippen LogP contribution in [0.25, 0.3) is 0 Å². The van der Waals surface area contributed by atoms with Gasteiger partial charge in [-0.3, -0.25) is 4.79 Å². The van der Waals surface area contributed by atoms with Crippen molar-refractivity contribution in [3.63, 3.8) is 0 Å². The standard InChI is InChI=1S/C19H24O4/c1-17(2)16-19(22)23-15-13-18(21)12-10-8-6-4-3-5-7-9-11-14-20/h6,8-12,17-18,20-21H,13-16H2,1-2H3/b8-6+,11-9+,12-10+/t18-/m0/s1. The van der Waals surface area contributed by atoms with Crippen molar-refractivity contribution in [3.8, 4) is 23.7 Å². The highest BCUT2D eigenvalue weighted by Crippen LogP contribution is 2.02. The number of hydrogen-bond donors (Lipinski definition) is 2. The molecule has 0 radical (unpaired) electrons. The summed E-state index contributed by atoms with van der Waals surface area (Å²) in [7, 11) is 0. The van der Waals surface area contributed by atoms with E-state index in [1.54, 1.807) is 24.3 Å². The van der Waals surface area contributed by atoms with Crippen LogP contribution >= 0.6 is 0 Å². The van der Waals surface area contributed by atoms with Gasteiger partial charge in [0.2, 0.25) is 0 Å². The molecule has 4 nitrogen and oxygen atoms in total. The van der Waals surface area contributed by atoms with Crippen molar-refractivity contribution in [2.45, 2.75) is 32.8 Å². The van der Waals surface area contributed by atoms with Gasteiger partial charge in [-0.2, -0.15) is 0 Å². The summed E-state index contributed by atoms with van der Waals surface area (Å²) in [6.07, 6.45) is 9.72. The number of ether oxygens (including phenoxy) is 1. The van der Waals surface area contributed by atoms with Gasteiger partial charge in [0.25, 0.3) is 0 Å². The van der Waals surface area contributed by atoms with Gasteiger partial charge in [-0.25, -0.2) is 0 Å². The van der Waals surface area contributed by atoms with Gasteiger partial charge in [-0.05, 0) is 29.9 Å². The lowest BCUT2D eigenvalue weighted by molar-refractivity contribution is -0.144. The van der Waals surface area contributed by atoms with E-state index in [1.165, 1.54) is 12.2 Å².